The summed E-state index contributed by atoms with van der Waals surface area (Å²) < 4.78 is 11.5. The van der Waals surface area contributed by atoms with E-state index in [1.807, 2.05) is 61.5 Å². The molecule has 0 aliphatic heterocycles. The van der Waals surface area contributed by atoms with Gasteiger partial charge in [-0.25, -0.2) is 0 Å². The summed E-state index contributed by atoms with van der Waals surface area (Å²) in [6.45, 7) is 2.04. The van der Waals surface area contributed by atoms with Crippen molar-refractivity contribution in [1.82, 2.24) is 0 Å². The molecule has 4 aromatic rings. The minimum atomic E-state index is -0.244. The predicted molar refractivity (Wildman–Crippen MR) is 111 cm³/mol. The monoisotopic (exact) mass is 388 g/mol. The molecule has 2 aromatic carbocycles. The Morgan fingerprint density at radius 1 is 0.857 bits per heavy atom. The van der Waals surface area contributed by atoms with Crippen LogP contribution in [0.15, 0.2) is 87.7 Å². The minimum Gasteiger partial charge on any atom is -0.457 e. The van der Waals surface area contributed by atoms with Gasteiger partial charge in [-0.15, -0.1) is 0 Å². The summed E-state index contributed by atoms with van der Waals surface area (Å²) in [6, 6.07) is 22.5. The van der Waals surface area contributed by atoms with Crippen molar-refractivity contribution >= 4 is 23.5 Å². The molecule has 0 unspecified atom stereocenters. The summed E-state index contributed by atoms with van der Waals surface area (Å²) in [4.78, 5) is 12.4. The SMILES string of the molecule is Cc1ccc(-c2ccc(C=CC(=O)c3ccc(-c4ccccc4Cl)o3)o2)cc1. The van der Waals surface area contributed by atoms with Crippen LogP contribution in [0.1, 0.15) is 21.9 Å². The molecule has 0 amide bonds. The molecule has 0 bridgehead atoms. The quantitative estimate of drug-likeness (QED) is 0.271. The third-order valence-corrected chi connectivity index (χ3v) is 4.68. The van der Waals surface area contributed by atoms with Crippen LogP contribution in [0.5, 0.6) is 0 Å². The van der Waals surface area contributed by atoms with Crippen LogP contribution in [0, 0.1) is 6.92 Å². The molecule has 2 heterocycles. The molecular weight excluding hydrogens is 372 g/mol. The van der Waals surface area contributed by atoms with Gasteiger partial charge in [-0.2, -0.15) is 0 Å². The zero-order valence-corrected chi connectivity index (χ0v) is 15.9. The van der Waals surface area contributed by atoms with E-state index in [0.29, 0.717) is 16.5 Å². The standard InChI is InChI=1S/C24H17ClO3/c1-16-6-8-17(9-7-16)22-13-11-18(27-22)10-12-21(26)24-15-14-23(28-24)19-4-2-3-5-20(19)25/h2-15H,1H3. The number of rotatable bonds is 5. The topological polar surface area (TPSA) is 43.4 Å². The number of hydrogen-bond donors (Lipinski definition) is 0. The van der Waals surface area contributed by atoms with Gasteiger partial charge in [0.2, 0.25) is 5.78 Å². The first-order valence-electron chi connectivity index (χ1n) is 8.84. The highest BCUT2D eigenvalue weighted by molar-refractivity contribution is 6.33. The molecule has 0 aliphatic carbocycles. The smallest absolute Gasteiger partial charge is 0.221 e. The molecule has 0 radical (unpaired) electrons. The van der Waals surface area contributed by atoms with Crippen molar-refractivity contribution in [3.05, 3.63) is 101 Å². The molecule has 0 saturated carbocycles. The van der Waals surface area contributed by atoms with Gasteiger partial charge in [0.1, 0.15) is 17.3 Å². The summed E-state index contributed by atoms with van der Waals surface area (Å²) in [6.07, 6.45) is 3.07. The second kappa shape index (κ2) is 7.75. The van der Waals surface area contributed by atoms with E-state index in [0.717, 1.165) is 16.9 Å². The largest absolute Gasteiger partial charge is 0.457 e. The van der Waals surface area contributed by atoms with Crippen molar-refractivity contribution < 1.29 is 13.6 Å². The van der Waals surface area contributed by atoms with Crippen LogP contribution >= 0.6 is 11.6 Å². The van der Waals surface area contributed by atoms with Gasteiger partial charge in [0.25, 0.3) is 0 Å². The van der Waals surface area contributed by atoms with E-state index in [2.05, 4.69) is 0 Å². The summed E-state index contributed by atoms with van der Waals surface area (Å²) in [5, 5.41) is 0.575. The fourth-order valence-electron chi connectivity index (χ4n) is 2.83. The third kappa shape index (κ3) is 3.85. The molecule has 0 fully saturated rings. The van der Waals surface area contributed by atoms with Crippen molar-refractivity contribution in [2.45, 2.75) is 6.92 Å². The summed E-state index contributed by atoms with van der Waals surface area (Å²) >= 11 is 6.18. The highest BCUT2D eigenvalue weighted by atomic mass is 35.5. The van der Waals surface area contributed by atoms with Gasteiger partial charge in [-0.3, -0.25) is 4.79 Å². The lowest BCUT2D eigenvalue weighted by Gasteiger charge is -1.99. The van der Waals surface area contributed by atoms with Crippen LogP contribution in [0.25, 0.3) is 28.7 Å². The normalized spacial score (nSPS) is 11.2. The molecular formula is C24H17ClO3. The Morgan fingerprint density at radius 3 is 2.39 bits per heavy atom. The summed E-state index contributed by atoms with van der Waals surface area (Å²) in [7, 11) is 0. The fraction of sp³-hybridized carbons (Fsp3) is 0.0417. The first kappa shape index (κ1) is 18.1. The predicted octanol–water partition coefficient (Wildman–Crippen LogP) is 7.06. The van der Waals surface area contributed by atoms with E-state index in [1.165, 1.54) is 11.6 Å². The van der Waals surface area contributed by atoms with Gasteiger partial charge in [0.15, 0.2) is 5.76 Å². The first-order valence-corrected chi connectivity index (χ1v) is 9.22. The minimum absolute atomic E-state index is 0.244. The van der Waals surface area contributed by atoms with Crippen LogP contribution < -0.4 is 0 Å². The molecule has 3 nitrogen and oxygen atoms in total. The van der Waals surface area contributed by atoms with Crippen LogP contribution in [0.3, 0.4) is 0 Å². The van der Waals surface area contributed by atoms with Gasteiger partial charge in [0, 0.05) is 11.1 Å². The molecule has 4 rings (SSSR count). The summed E-state index contributed by atoms with van der Waals surface area (Å²) in [5.41, 5.74) is 2.93. The van der Waals surface area contributed by atoms with E-state index in [4.69, 9.17) is 20.4 Å². The van der Waals surface area contributed by atoms with Crippen LogP contribution in [-0.2, 0) is 0 Å². The average Bonchev–Trinajstić information content (AvgIpc) is 3.37. The number of aryl methyl sites for hydroxylation is 1. The second-order valence-corrected chi connectivity index (χ2v) is 6.82. The average molecular weight is 389 g/mol. The Kier molecular flexibility index (Phi) is 5.00. The molecule has 0 aliphatic rings. The lowest BCUT2D eigenvalue weighted by molar-refractivity contribution is 0.102. The molecule has 4 heteroatoms. The van der Waals surface area contributed by atoms with E-state index >= 15 is 0 Å². The maximum Gasteiger partial charge on any atom is 0.221 e. The Morgan fingerprint density at radius 2 is 1.61 bits per heavy atom. The Labute approximate surface area is 167 Å². The first-order chi connectivity index (χ1) is 13.6. The lowest BCUT2D eigenvalue weighted by atomic mass is 10.1. The van der Waals surface area contributed by atoms with Crippen molar-refractivity contribution in [2.75, 3.05) is 0 Å². The Balaban J connectivity index is 1.49. The van der Waals surface area contributed by atoms with Crippen LogP contribution in [-0.4, -0.2) is 5.78 Å². The number of carbonyl (C=O) groups excluding carboxylic acids is 1. The highest BCUT2D eigenvalue weighted by Crippen LogP contribution is 2.29. The van der Waals surface area contributed by atoms with Gasteiger partial charge < -0.3 is 8.83 Å². The number of ketones is 1. The van der Waals surface area contributed by atoms with Gasteiger partial charge in [0.05, 0.1) is 5.02 Å². The maximum absolute atomic E-state index is 12.4. The van der Waals surface area contributed by atoms with Gasteiger partial charge >= 0.3 is 0 Å². The number of halogens is 1. The van der Waals surface area contributed by atoms with Crippen LogP contribution in [0.2, 0.25) is 5.02 Å². The molecule has 0 saturated heterocycles. The van der Waals surface area contributed by atoms with E-state index in [-0.39, 0.29) is 11.5 Å². The molecule has 138 valence electrons. The van der Waals surface area contributed by atoms with E-state index < -0.39 is 0 Å². The second-order valence-electron chi connectivity index (χ2n) is 6.41. The number of hydrogen-bond acceptors (Lipinski definition) is 3. The molecule has 0 N–H and O–H groups in total. The lowest BCUT2D eigenvalue weighted by Crippen LogP contribution is -1.90. The van der Waals surface area contributed by atoms with Crippen molar-refractivity contribution in [1.29, 1.82) is 0 Å². The number of benzene rings is 2. The number of furan rings is 2. The zero-order valence-electron chi connectivity index (χ0n) is 15.2. The highest BCUT2D eigenvalue weighted by Gasteiger charge is 2.12. The van der Waals surface area contributed by atoms with Crippen molar-refractivity contribution in [3.63, 3.8) is 0 Å². The molecule has 2 aromatic heterocycles. The third-order valence-electron chi connectivity index (χ3n) is 4.35. The number of allylic oxidation sites excluding steroid dienone is 1. The van der Waals surface area contributed by atoms with Crippen LogP contribution in [0.4, 0.5) is 0 Å². The maximum atomic E-state index is 12.4. The summed E-state index contributed by atoms with van der Waals surface area (Å²) in [5.74, 6) is 1.91. The molecule has 28 heavy (non-hydrogen) atoms. The Hall–Kier alpha value is -3.30. The number of carbonyl (C=O) groups is 1. The van der Waals surface area contributed by atoms with E-state index in [1.54, 1.807) is 24.3 Å². The van der Waals surface area contributed by atoms with Gasteiger partial charge in [-0.1, -0.05) is 53.6 Å². The zero-order chi connectivity index (χ0) is 19.5. The van der Waals surface area contributed by atoms with E-state index in [9.17, 15) is 4.79 Å². The molecule has 0 spiro atoms. The fourth-order valence-corrected chi connectivity index (χ4v) is 3.06. The Bertz CT molecular complexity index is 1150. The van der Waals surface area contributed by atoms with Gasteiger partial charge in [-0.05, 0) is 55.5 Å². The van der Waals surface area contributed by atoms with Crippen molar-refractivity contribution in [3.8, 4) is 22.6 Å². The molecule has 0 atom stereocenters. The van der Waals surface area contributed by atoms with Crippen molar-refractivity contribution in [2.24, 2.45) is 0 Å².